The minimum absolute atomic E-state index is 0.314. The lowest BCUT2D eigenvalue weighted by atomic mass is 10.2. The first-order valence-corrected chi connectivity index (χ1v) is 9.33. The molecule has 2 aromatic rings. The van der Waals surface area contributed by atoms with E-state index in [1.54, 1.807) is 23.9 Å². The summed E-state index contributed by atoms with van der Waals surface area (Å²) in [7, 11) is 0. The molecule has 0 bridgehead atoms. The van der Waals surface area contributed by atoms with Gasteiger partial charge in [0.2, 0.25) is 0 Å². The number of benzene rings is 2. The lowest BCUT2D eigenvalue weighted by Crippen LogP contribution is -2.21. The highest BCUT2D eigenvalue weighted by Crippen LogP contribution is 2.24. The summed E-state index contributed by atoms with van der Waals surface area (Å²) in [5.41, 5.74) is 1.14. The van der Waals surface area contributed by atoms with Gasteiger partial charge in [-0.25, -0.2) is 4.79 Å². The third kappa shape index (κ3) is 5.04. The van der Waals surface area contributed by atoms with E-state index in [9.17, 15) is 9.59 Å². The quantitative estimate of drug-likeness (QED) is 0.634. The second kappa shape index (κ2) is 8.64. The summed E-state index contributed by atoms with van der Waals surface area (Å²) in [6.45, 7) is -0.314. The second-order valence-corrected chi connectivity index (χ2v) is 6.28. The van der Waals surface area contributed by atoms with Crippen LogP contribution in [0.15, 0.2) is 58.3 Å². The second-order valence-electron chi connectivity index (χ2n) is 4.55. The number of carbonyl (C=O) groups is 2. The SMILES string of the molecule is CSc1ccc(C(=O)OCC(=O)Nc2ccccc2SC)cc1. The van der Waals surface area contributed by atoms with Crippen LogP contribution in [0.1, 0.15) is 10.4 Å². The number of ether oxygens (including phenoxy) is 1. The predicted molar refractivity (Wildman–Crippen MR) is 95.4 cm³/mol. The zero-order chi connectivity index (χ0) is 16.7. The number of carbonyl (C=O) groups excluding carboxylic acids is 2. The maximum Gasteiger partial charge on any atom is 0.338 e. The van der Waals surface area contributed by atoms with Crippen LogP contribution in [-0.2, 0) is 9.53 Å². The highest BCUT2D eigenvalue weighted by atomic mass is 32.2. The molecule has 0 aliphatic carbocycles. The summed E-state index contributed by atoms with van der Waals surface area (Å²) in [5, 5.41) is 2.75. The number of anilines is 1. The van der Waals surface area contributed by atoms with Gasteiger partial charge in [-0.1, -0.05) is 12.1 Å². The number of hydrogen-bond donors (Lipinski definition) is 1. The molecule has 0 heterocycles. The van der Waals surface area contributed by atoms with Gasteiger partial charge in [-0.3, -0.25) is 4.79 Å². The third-order valence-electron chi connectivity index (χ3n) is 3.04. The topological polar surface area (TPSA) is 55.4 Å². The Bertz CT molecular complexity index is 686. The van der Waals surface area contributed by atoms with E-state index in [2.05, 4.69) is 5.32 Å². The molecule has 1 N–H and O–H groups in total. The van der Waals surface area contributed by atoms with Gasteiger partial charge in [0.15, 0.2) is 6.61 Å². The normalized spacial score (nSPS) is 10.2. The molecule has 23 heavy (non-hydrogen) atoms. The highest BCUT2D eigenvalue weighted by molar-refractivity contribution is 7.99. The molecule has 0 fully saturated rings. The summed E-state index contributed by atoms with van der Waals surface area (Å²) in [6.07, 6.45) is 3.90. The minimum Gasteiger partial charge on any atom is -0.452 e. The Balaban J connectivity index is 1.89. The van der Waals surface area contributed by atoms with Gasteiger partial charge in [0, 0.05) is 9.79 Å². The Morgan fingerprint density at radius 1 is 1.00 bits per heavy atom. The predicted octanol–water partition coefficient (Wildman–Crippen LogP) is 3.93. The zero-order valence-corrected chi connectivity index (χ0v) is 14.5. The monoisotopic (exact) mass is 347 g/mol. The molecule has 0 spiro atoms. The summed E-state index contributed by atoms with van der Waals surface area (Å²) in [4.78, 5) is 25.8. The van der Waals surface area contributed by atoms with E-state index < -0.39 is 5.97 Å². The average Bonchev–Trinajstić information content (AvgIpc) is 2.60. The molecule has 0 aromatic heterocycles. The number of esters is 1. The van der Waals surface area contributed by atoms with Crippen LogP contribution < -0.4 is 5.32 Å². The van der Waals surface area contributed by atoms with Gasteiger partial charge >= 0.3 is 5.97 Å². The first-order valence-electron chi connectivity index (χ1n) is 6.88. The average molecular weight is 347 g/mol. The van der Waals surface area contributed by atoms with Crippen LogP contribution in [0, 0.1) is 0 Å². The van der Waals surface area contributed by atoms with Gasteiger partial charge < -0.3 is 10.1 Å². The standard InChI is InChI=1S/C17H17NO3S2/c1-22-13-9-7-12(8-10-13)17(20)21-11-16(19)18-14-5-3-4-6-15(14)23-2/h3-10H,11H2,1-2H3,(H,18,19). The van der Waals surface area contributed by atoms with Crippen molar-refractivity contribution in [2.45, 2.75) is 9.79 Å². The molecule has 2 rings (SSSR count). The van der Waals surface area contributed by atoms with Crippen LogP contribution in [-0.4, -0.2) is 31.0 Å². The van der Waals surface area contributed by atoms with E-state index in [0.717, 1.165) is 9.79 Å². The molecular weight excluding hydrogens is 330 g/mol. The van der Waals surface area contributed by atoms with Gasteiger partial charge in [0.05, 0.1) is 11.3 Å². The van der Waals surface area contributed by atoms with Crippen molar-refractivity contribution in [3.63, 3.8) is 0 Å². The first kappa shape index (κ1) is 17.4. The van der Waals surface area contributed by atoms with Crippen LogP contribution >= 0.6 is 23.5 Å². The number of amides is 1. The van der Waals surface area contributed by atoms with Crippen molar-refractivity contribution < 1.29 is 14.3 Å². The van der Waals surface area contributed by atoms with Crippen LogP contribution in [0.3, 0.4) is 0 Å². The van der Waals surface area contributed by atoms with Crippen LogP contribution in [0.5, 0.6) is 0 Å². The fourth-order valence-corrected chi connectivity index (χ4v) is 2.84. The molecule has 0 saturated carbocycles. The zero-order valence-electron chi connectivity index (χ0n) is 12.9. The molecule has 6 heteroatoms. The summed E-state index contributed by atoms with van der Waals surface area (Å²) in [5.74, 6) is -0.869. The maximum absolute atomic E-state index is 11.9. The third-order valence-corrected chi connectivity index (χ3v) is 4.58. The fourth-order valence-electron chi connectivity index (χ4n) is 1.88. The van der Waals surface area contributed by atoms with Crippen LogP contribution in [0.25, 0.3) is 0 Å². The molecule has 0 saturated heterocycles. The van der Waals surface area contributed by atoms with Gasteiger partial charge in [-0.05, 0) is 48.9 Å². The molecular formula is C17H17NO3S2. The van der Waals surface area contributed by atoms with E-state index in [1.165, 1.54) is 11.8 Å². The lowest BCUT2D eigenvalue weighted by Gasteiger charge is -2.09. The smallest absolute Gasteiger partial charge is 0.338 e. The fraction of sp³-hybridized carbons (Fsp3) is 0.176. The number of rotatable bonds is 6. The van der Waals surface area contributed by atoms with Crippen molar-refractivity contribution in [1.82, 2.24) is 0 Å². The molecule has 4 nitrogen and oxygen atoms in total. The molecule has 0 unspecified atom stereocenters. The number of para-hydroxylation sites is 1. The molecule has 0 atom stereocenters. The van der Waals surface area contributed by atoms with Gasteiger partial charge in [0.25, 0.3) is 5.91 Å². The molecule has 0 aliphatic rings. The van der Waals surface area contributed by atoms with E-state index in [0.29, 0.717) is 11.3 Å². The van der Waals surface area contributed by atoms with Gasteiger partial charge in [-0.15, -0.1) is 23.5 Å². The largest absolute Gasteiger partial charge is 0.452 e. The minimum atomic E-state index is -0.508. The molecule has 2 aromatic carbocycles. The Morgan fingerprint density at radius 2 is 1.70 bits per heavy atom. The van der Waals surface area contributed by atoms with E-state index >= 15 is 0 Å². The summed E-state index contributed by atoms with van der Waals surface area (Å²) in [6, 6.07) is 14.5. The molecule has 0 aliphatic heterocycles. The van der Waals surface area contributed by atoms with Gasteiger partial charge in [-0.2, -0.15) is 0 Å². The van der Waals surface area contributed by atoms with Crippen LogP contribution in [0.2, 0.25) is 0 Å². The molecule has 1 amide bonds. The Kier molecular flexibility index (Phi) is 6.55. The number of thioether (sulfide) groups is 2. The highest BCUT2D eigenvalue weighted by Gasteiger charge is 2.11. The number of hydrogen-bond acceptors (Lipinski definition) is 5. The van der Waals surface area contributed by atoms with Crippen molar-refractivity contribution in [2.75, 3.05) is 24.4 Å². The summed E-state index contributed by atoms with van der Waals surface area (Å²) >= 11 is 3.13. The van der Waals surface area contributed by atoms with E-state index in [-0.39, 0.29) is 12.5 Å². The Labute approximate surface area is 144 Å². The Morgan fingerprint density at radius 3 is 2.35 bits per heavy atom. The Hall–Kier alpha value is -1.92. The number of nitrogens with one attached hydrogen (secondary N) is 1. The van der Waals surface area contributed by atoms with Crippen molar-refractivity contribution >= 4 is 41.1 Å². The van der Waals surface area contributed by atoms with Crippen molar-refractivity contribution in [3.8, 4) is 0 Å². The molecule has 120 valence electrons. The molecule has 0 radical (unpaired) electrons. The van der Waals surface area contributed by atoms with Crippen LogP contribution in [0.4, 0.5) is 5.69 Å². The maximum atomic E-state index is 11.9. The van der Waals surface area contributed by atoms with Crippen molar-refractivity contribution in [1.29, 1.82) is 0 Å². The lowest BCUT2D eigenvalue weighted by molar-refractivity contribution is -0.119. The van der Waals surface area contributed by atoms with Crippen molar-refractivity contribution in [2.24, 2.45) is 0 Å². The van der Waals surface area contributed by atoms with Gasteiger partial charge in [0.1, 0.15) is 0 Å². The van der Waals surface area contributed by atoms with E-state index in [4.69, 9.17) is 4.74 Å². The first-order chi connectivity index (χ1) is 11.1. The van der Waals surface area contributed by atoms with E-state index in [1.807, 2.05) is 48.9 Å². The van der Waals surface area contributed by atoms with Crippen molar-refractivity contribution in [3.05, 3.63) is 54.1 Å². The summed E-state index contributed by atoms with van der Waals surface area (Å²) < 4.78 is 5.04.